The molecule has 2 aliphatic rings. The van der Waals surface area contributed by atoms with Gasteiger partial charge in [-0.05, 0) is 49.0 Å². The van der Waals surface area contributed by atoms with E-state index in [4.69, 9.17) is 16.3 Å². The van der Waals surface area contributed by atoms with Gasteiger partial charge in [0, 0.05) is 31.2 Å². The van der Waals surface area contributed by atoms with Crippen LogP contribution in [0, 0.1) is 0 Å². The maximum absolute atomic E-state index is 13.4. The van der Waals surface area contributed by atoms with E-state index >= 15 is 0 Å². The zero-order valence-corrected chi connectivity index (χ0v) is 17.1. The number of halogens is 1. The largest absolute Gasteiger partial charge is 0.497 e. The molecular formula is C22H22ClN3O3. The molecule has 1 fully saturated rings. The monoisotopic (exact) mass is 411 g/mol. The number of likely N-dealkylation sites (N-methyl/N-ethyl adjacent to an activating group) is 1. The molecule has 0 atom stereocenters. The molecular weight excluding hydrogens is 390 g/mol. The molecule has 7 heteroatoms. The molecule has 0 saturated carbocycles. The average molecular weight is 412 g/mol. The fraction of sp³-hybridized carbons (Fsp3) is 0.273. The second-order valence-electron chi connectivity index (χ2n) is 7.16. The van der Waals surface area contributed by atoms with Crippen LogP contribution in [-0.4, -0.2) is 62.0 Å². The molecule has 4 rings (SSSR count). The summed E-state index contributed by atoms with van der Waals surface area (Å²) in [7, 11) is 3.63. The summed E-state index contributed by atoms with van der Waals surface area (Å²) in [5.74, 6) is 0.0455. The molecule has 1 saturated heterocycles. The highest BCUT2D eigenvalue weighted by Crippen LogP contribution is 2.36. The van der Waals surface area contributed by atoms with Crippen molar-refractivity contribution in [3.63, 3.8) is 0 Å². The highest BCUT2D eigenvalue weighted by atomic mass is 35.5. The van der Waals surface area contributed by atoms with Gasteiger partial charge in [0.15, 0.2) is 0 Å². The summed E-state index contributed by atoms with van der Waals surface area (Å²) >= 11 is 6.03. The summed E-state index contributed by atoms with van der Waals surface area (Å²) in [6.45, 7) is 3.06. The number of imide groups is 1. The lowest BCUT2D eigenvalue weighted by molar-refractivity contribution is -0.120. The van der Waals surface area contributed by atoms with Gasteiger partial charge >= 0.3 is 0 Å². The summed E-state index contributed by atoms with van der Waals surface area (Å²) in [6.07, 6.45) is 0. The summed E-state index contributed by atoms with van der Waals surface area (Å²) < 4.78 is 5.19. The molecule has 2 aliphatic heterocycles. The fourth-order valence-corrected chi connectivity index (χ4v) is 3.81. The van der Waals surface area contributed by atoms with Crippen LogP contribution in [0.4, 0.5) is 5.69 Å². The third-order valence-corrected chi connectivity index (χ3v) is 5.59. The molecule has 29 heavy (non-hydrogen) atoms. The Morgan fingerprint density at radius 3 is 2.07 bits per heavy atom. The van der Waals surface area contributed by atoms with E-state index < -0.39 is 0 Å². The van der Waals surface area contributed by atoms with E-state index in [9.17, 15) is 9.59 Å². The standard InChI is InChI=1S/C22H22ClN3O3/c1-24-11-13-25(14-12-24)20-19(15-3-5-16(23)6-4-15)21(27)26(22(20)28)17-7-9-18(29-2)10-8-17/h3-10H,11-14H2,1-2H3. The lowest BCUT2D eigenvalue weighted by atomic mass is 10.0. The van der Waals surface area contributed by atoms with Gasteiger partial charge in [-0.1, -0.05) is 23.7 Å². The molecule has 150 valence electrons. The molecule has 2 heterocycles. The van der Waals surface area contributed by atoms with E-state index in [1.807, 2.05) is 4.90 Å². The van der Waals surface area contributed by atoms with Crippen LogP contribution in [0.15, 0.2) is 54.2 Å². The number of piperazine rings is 1. The lowest BCUT2D eigenvalue weighted by Gasteiger charge is -2.34. The van der Waals surface area contributed by atoms with Gasteiger partial charge in [0.2, 0.25) is 0 Å². The Morgan fingerprint density at radius 1 is 0.862 bits per heavy atom. The Morgan fingerprint density at radius 2 is 1.48 bits per heavy atom. The Kier molecular flexibility index (Phi) is 5.30. The molecule has 0 unspecified atom stereocenters. The van der Waals surface area contributed by atoms with Crippen LogP contribution in [-0.2, 0) is 9.59 Å². The van der Waals surface area contributed by atoms with E-state index in [0.29, 0.717) is 46.4 Å². The van der Waals surface area contributed by atoms with E-state index in [1.54, 1.807) is 55.6 Å². The number of methoxy groups -OCH3 is 1. The van der Waals surface area contributed by atoms with Gasteiger partial charge < -0.3 is 14.5 Å². The number of amides is 2. The molecule has 0 radical (unpaired) electrons. The van der Waals surface area contributed by atoms with Crippen molar-refractivity contribution in [3.05, 3.63) is 64.8 Å². The molecule has 2 amide bonds. The zero-order chi connectivity index (χ0) is 20.5. The fourth-order valence-electron chi connectivity index (χ4n) is 3.68. The second kappa shape index (κ2) is 7.89. The van der Waals surface area contributed by atoms with Crippen molar-refractivity contribution in [2.24, 2.45) is 0 Å². The summed E-state index contributed by atoms with van der Waals surface area (Å²) in [6, 6.07) is 14.0. The maximum atomic E-state index is 13.4. The number of ether oxygens (including phenoxy) is 1. The maximum Gasteiger partial charge on any atom is 0.282 e. The van der Waals surface area contributed by atoms with Crippen molar-refractivity contribution < 1.29 is 14.3 Å². The topological polar surface area (TPSA) is 53.1 Å². The van der Waals surface area contributed by atoms with Crippen LogP contribution in [0.2, 0.25) is 5.02 Å². The predicted octanol–water partition coefficient (Wildman–Crippen LogP) is 2.88. The highest BCUT2D eigenvalue weighted by Gasteiger charge is 2.42. The quantitative estimate of drug-likeness (QED) is 0.724. The smallest absolute Gasteiger partial charge is 0.282 e. The number of carbonyl (C=O) groups excluding carboxylic acids is 2. The van der Waals surface area contributed by atoms with E-state index in [2.05, 4.69) is 11.9 Å². The molecule has 2 aromatic rings. The molecule has 2 aromatic carbocycles. The minimum Gasteiger partial charge on any atom is -0.497 e. The molecule has 0 bridgehead atoms. The van der Waals surface area contributed by atoms with Gasteiger partial charge in [-0.2, -0.15) is 0 Å². The number of carbonyl (C=O) groups is 2. The van der Waals surface area contributed by atoms with Gasteiger partial charge in [-0.15, -0.1) is 0 Å². The first-order chi connectivity index (χ1) is 14.0. The van der Waals surface area contributed by atoms with Crippen molar-refractivity contribution in [1.29, 1.82) is 0 Å². The van der Waals surface area contributed by atoms with Crippen LogP contribution in [0.1, 0.15) is 5.56 Å². The zero-order valence-electron chi connectivity index (χ0n) is 16.4. The van der Waals surface area contributed by atoms with Crippen molar-refractivity contribution in [1.82, 2.24) is 9.80 Å². The molecule has 0 aliphatic carbocycles. The summed E-state index contributed by atoms with van der Waals surface area (Å²) in [5.41, 5.74) is 2.10. The minimum absolute atomic E-state index is 0.297. The van der Waals surface area contributed by atoms with Gasteiger partial charge in [0.25, 0.3) is 11.8 Å². The number of benzene rings is 2. The Bertz CT molecular complexity index is 962. The third-order valence-electron chi connectivity index (χ3n) is 5.34. The van der Waals surface area contributed by atoms with Crippen LogP contribution >= 0.6 is 11.6 Å². The number of hydrogen-bond donors (Lipinski definition) is 0. The van der Waals surface area contributed by atoms with E-state index in [-0.39, 0.29) is 11.8 Å². The summed E-state index contributed by atoms with van der Waals surface area (Å²) in [5, 5.41) is 0.583. The van der Waals surface area contributed by atoms with E-state index in [0.717, 1.165) is 13.1 Å². The van der Waals surface area contributed by atoms with Crippen LogP contribution in [0.5, 0.6) is 5.75 Å². The van der Waals surface area contributed by atoms with E-state index in [1.165, 1.54) is 4.90 Å². The number of rotatable bonds is 4. The summed E-state index contributed by atoms with van der Waals surface area (Å²) in [4.78, 5) is 32.3. The van der Waals surface area contributed by atoms with Crippen molar-refractivity contribution in [3.8, 4) is 5.75 Å². The molecule has 0 spiro atoms. The van der Waals surface area contributed by atoms with Crippen molar-refractivity contribution in [2.75, 3.05) is 45.2 Å². The SMILES string of the molecule is COc1ccc(N2C(=O)C(c3ccc(Cl)cc3)=C(N3CCN(C)CC3)C2=O)cc1. The molecule has 0 aromatic heterocycles. The van der Waals surface area contributed by atoms with Gasteiger partial charge in [0.1, 0.15) is 11.4 Å². The van der Waals surface area contributed by atoms with Crippen molar-refractivity contribution in [2.45, 2.75) is 0 Å². The van der Waals surface area contributed by atoms with Gasteiger partial charge in [-0.3, -0.25) is 9.59 Å². The Labute approximate surface area is 174 Å². The number of nitrogens with zero attached hydrogens (tertiary/aromatic N) is 3. The first-order valence-electron chi connectivity index (χ1n) is 9.46. The van der Waals surface area contributed by atoms with Crippen molar-refractivity contribution >= 4 is 34.7 Å². The van der Waals surface area contributed by atoms with Gasteiger partial charge in [-0.25, -0.2) is 4.90 Å². The second-order valence-corrected chi connectivity index (χ2v) is 7.60. The Hall–Kier alpha value is -2.83. The normalized spacial score (nSPS) is 18.0. The van der Waals surface area contributed by atoms with Gasteiger partial charge in [0.05, 0.1) is 18.4 Å². The minimum atomic E-state index is -0.323. The third kappa shape index (κ3) is 3.61. The highest BCUT2D eigenvalue weighted by molar-refractivity contribution is 6.45. The number of anilines is 1. The van der Waals surface area contributed by atoms with Crippen LogP contribution in [0.25, 0.3) is 5.57 Å². The predicted molar refractivity (Wildman–Crippen MR) is 113 cm³/mol. The first-order valence-corrected chi connectivity index (χ1v) is 9.84. The number of hydrogen-bond acceptors (Lipinski definition) is 5. The average Bonchev–Trinajstić information content (AvgIpc) is 2.99. The first kappa shape index (κ1) is 19.5. The Balaban J connectivity index is 1.77. The molecule has 0 N–H and O–H groups in total. The van der Waals surface area contributed by atoms with Crippen LogP contribution in [0.3, 0.4) is 0 Å². The lowest BCUT2D eigenvalue weighted by Crippen LogP contribution is -2.46. The van der Waals surface area contributed by atoms with Crippen LogP contribution < -0.4 is 9.64 Å². The molecule has 6 nitrogen and oxygen atoms in total.